The molecule has 3 aromatic rings. The third-order valence-corrected chi connectivity index (χ3v) is 6.77. The molecule has 166 valence electrons. The van der Waals surface area contributed by atoms with Crippen LogP contribution >= 0.6 is 23.2 Å². The van der Waals surface area contributed by atoms with E-state index >= 15 is 0 Å². The molecule has 2 aliphatic heterocycles. The maximum Gasteiger partial charge on any atom is 0.231 e. The summed E-state index contributed by atoms with van der Waals surface area (Å²) >= 11 is 12.4. The van der Waals surface area contributed by atoms with Crippen molar-refractivity contribution in [2.24, 2.45) is 0 Å². The third kappa shape index (κ3) is 4.60. The Morgan fingerprint density at radius 3 is 2.19 bits per heavy atom. The molecular weight excluding hydrogens is 443 g/mol. The zero-order valence-corrected chi connectivity index (χ0v) is 19.5. The number of hydrogen-bond acceptors (Lipinski definition) is 4. The average Bonchev–Trinajstić information content (AvgIpc) is 3.24. The number of rotatable bonds is 5. The standard InChI is InChI=1S/C26H26Cl2N2O2/c1-26(15-18-2-11-23-24(14-18)32-17-31-23)16-30(13-12-29-26)25(19-3-7-21(27)8-4-19)20-5-9-22(28)10-6-20/h2-11,14,25,29H,12-13,15-17H2,1H3. The van der Waals surface area contributed by atoms with E-state index < -0.39 is 0 Å². The van der Waals surface area contributed by atoms with Crippen LogP contribution in [-0.2, 0) is 6.42 Å². The average molecular weight is 469 g/mol. The molecule has 3 aromatic carbocycles. The van der Waals surface area contributed by atoms with Crippen molar-refractivity contribution in [1.29, 1.82) is 0 Å². The van der Waals surface area contributed by atoms with Crippen molar-refractivity contribution >= 4 is 23.2 Å². The van der Waals surface area contributed by atoms with E-state index in [1.807, 2.05) is 30.3 Å². The molecule has 1 fully saturated rings. The van der Waals surface area contributed by atoms with Gasteiger partial charge in [0.15, 0.2) is 11.5 Å². The van der Waals surface area contributed by atoms with E-state index in [0.717, 1.165) is 47.6 Å². The summed E-state index contributed by atoms with van der Waals surface area (Å²) in [5.74, 6) is 1.65. The van der Waals surface area contributed by atoms with Gasteiger partial charge in [-0.05, 0) is 66.4 Å². The van der Waals surface area contributed by atoms with Crippen LogP contribution in [0.4, 0.5) is 0 Å². The van der Waals surface area contributed by atoms with Crippen LogP contribution in [0.15, 0.2) is 66.7 Å². The number of fused-ring (bicyclic) bond motifs is 1. The van der Waals surface area contributed by atoms with E-state index in [1.54, 1.807) is 0 Å². The maximum absolute atomic E-state index is 6.18. The summed E-state index contributed by atoms with van der Waals surface area (Å²) in [6, 6.07) is 22.7. The van der Waals surface area contributed by atoms with Crippen molar-refractivity contribution in [3.05, 3.63) is 93.5 Å². The molecule has 4 nitrogen and oxygen atoms in total. The molecule has 6 heteroatoms. The van der Waals surface area contributed by atoms with Gasteiger partial charge in [-0.15, -0.1) is 0 Å². The summed E-state index contributed by atoms with van der Waals surface area (Å²) in [6.45, 7) is 5.36. The van der Waals surface area contributed by atoms with Crippen molar-refractivity contribution in [3.8, 4) is 11.5 Å². The lowest BCUT2D eigenvalue weighted by Crippen LogP contribution is -2.60. The number of benzene rings is 3. The fourth-order valence-electron chi connectivity index (χ4n) is 4.83. The van der Waals surface area contributed by atoms with Crippen LogP contribution in [0.25, 0.3) is 0 Å². The number of nitrogens with zero attached hydrogens (tertiary/aromatic N) is 1. The SMILES string of the molecule is CC1(Cc2ccc3c(c2)OCO3)CN(C(c2ccc(Cl)cc2)c2ccc(Cl)cc2)CCN1. The van der Waals surface area contributed by atoms with Crippen molar-refractivity contribution in [2.75, 3.05) is 26.4 Å². The van der Waals surface area contributed by atoms with Gasteiger partial charge in [-0.1, -0.05) is 53.5 Å². The minimum absolute atomic E-state index is 0.0803. The second-order valence-corrected chi connectivity index (χ2v) is 9.70. The smallest absolute Gasteiger partial charge is 0.231 e. The zero-order chi connectivity index (χ0) is 22.1. The quantitative estimate of drug-likeness (QED) is 0.519. The Labute approximate surface area is 199 Å². The molecule has 0 radical (unpaired) electrons. The van der Waals surface area contributed by atoms with E-state index in [1.165, 1.54) is 16.7 Å². The topological polar surface area (TPSA) is 33.7 Å². The summed E-state index contributed by atoms with van der Waals surface area (Å²) < 4.78 is 11.0. The van der Waals surface area contributed by atoms with Crippen LogP contribution in [0.5, 0.6) is 11.5 Å². The number of piperazine rings is 1. The second kappa shape index (κ2) is 8.95. The summed E-state index contributed by atoms with van der Waals surface area (Å²) in [7, 11) is 0. The van der Waals surface area contributed by atoms with Gasteiger partial charge >= 0.3 is 0 Å². The highest BCUT2D eigenvalue weighted by Crippen LogP contribution is 2.36. The molecule has 0 aromatic heterocycles. The van der Waals surface area contributed by atoms with Crippen LogP contribution in [0.1, 0.15) is 29.7 Å². The molecule has 1 saturated heterocycles. The van der Waals surface area contributed by atoms with E-state index in [9.17, 15) is 0 Å². The number of ether oxygens (including phenoxy) is 2. The summed E-state index contributed by atoms with van der Waals surface area (Å²) in [5.41, 5.74) is 3.61. The van der Waals surface area contributed by atoms with E-state index in [-0.39, 0.29) is 11.6 Å². The zero-order valence-electron chi connectivity index (χ0n) is 18.0. The highest BCUT2D eigenvalue weighted by molar-refractivity contribution is 6.30. The molecule has 0 amide bonds. The summed E-state index contributed by atoms with van der Waals surface area (Å²) in [6.07, 6.45) is 0.897. The van der Waals surface area contributed by atoms with Gasteiger partial charge in [-0.2, -0.15) is 0 Å². The maximum atomic E-state index is 6.18. The normalized spacial score (nSPS) is 20.6. The van der Waals surface area contributed by atoms with Gasteiger partial charge in [0.1, 0.15) is 0 Å². The van der Waals surface area contributed by atoms with Crippen molar-refractivity contribution in [2.45, 2.75) is 24.9 Å². The monoisotopic (exact) mass is 468 g/mol. The molecule has 0 spiro atoms. The Morgan fingerprint density at radius 1 is 0.906 bits per heavy atom. The Balaban J connectivity index is 1.42. The second-order valence-electron chi connectivity index (χ2n) is 8.83. The lowest BCUT2D eigenvalue weighted by Gasteiger charge is -2.45. The minimum atomic E-state index is -0.0803. The first-order valence-electron chi connectivity index (χ1n) is 10.9. The molecule has 1 unspecified atom stereocenters. The molecule has 1 N–H and O–H groups in total. The van der Waals surface area contributed by atoms with E-state index in [0.29, 0.717) is 6.79 Å². The fourth-order valence-corrected chi connectivity index (χ4v) is 5.08. The molecule has 0 saturated carbocycles. The Bertz CT molecular complexity index is 1040. The van der Waals surface area contributed by atoms with Crippen LogP contribution in [-0.4, -0.2) is 36.9 Å². The van der Waals surface area contributed by atoms with Gasteiger partial charge in [-0.25, -0.2) is 0 Å². The van der Waals surface area contributed by atoms with Crippen LogP contribution in [0.3, 0.4) is 0 Å². The third-order valence-electron chi connectivity index (χ3n) is 6.27. The molecule has 5 rings (SSSR count). The van der Waals surface area contributed by atoms with Gasteiger partial charge in [-0.3, -0.25) is 4.90 Å². The largest absolute Gasteiger partial charge is 0.454 e. The van der Waals surface area contributed by atoms with Crippen LogP contribution in [0, 0.1) is 0 Å². The predicted octanol–water partition coefficient (Wildman–Crippen LogP) is 5.72. The molecule has 1 atom stereocenters. The van der Waals surface area contributed by atoms with Crippen molar-refractivity contribution in [1.82, 2.24) is 10.2 Å². The Kier molecular flexibility index (Phi) is 6.04. The van der Waals surface area contributed by atoms with Crippen LogP contribution < -0.4 is 14.8 Å². The first-order valence-corrected chi connectivity index (χ1v) is 11.6. The minimum Gasteiger partial charge on any atom is -0.454 e. The van der Waals surface area contributed by atoms with E-state index in [4.69, 9.17) is 32.7 Å². The lowest BCUT2D eigenvalue weighted by molar-refractivity contribution is 0.115. The first kappa shape index (κ1) is 21.6. The van der Waals surface area contributed by atoms with Gasteiger partial charge in [0.05, 0.1) is 6.04 Å². The summed E-state index contributed by atoms with van der Waals surface area (Å²) in [4.78, 5) is 2.55. The van der Waals surface area contributed by atoms with Gasteiger partial charge in [0.2, 0.25) is 6.79 Å². The van der Waals surface area contributed by atoms with Gasteiger partial charge < -0.3 is 14.8 Å². The molecule has 2 heterocycles. The molecule has 2 aliphatic rings. The van der Waals surface area contributed by atoms with Crippen LogP contribution in [0.2, 0.25) is 10.0 Å². The molecule has 32 heavy (non-hydrogen) atoms. The Hall–Kier alpha value is -2.24. The predicted molar refractivity (Wildman–Crippen MR) is 129 cm³/mol. The molecule has 0 bridgehead atoms. The summed E-state index contributed by atoms with van der Waals surface area (Å²) in [5, 5.41) is 5.26. The molecule has 0 aliphatic carbocycles. The highest BCUT2D eigenvalue weighted by Gasteiger charge is 2.35. The van der Waals surface area contributed by atoms with E-state index in [2.05, 4.69) is 53.5 Å². The van der Waals surface area contributed by atoms with Crippen molar-refractivity contribution in [3.63, 3.8) is 0 Å². The van der Waals surface area contributed by atoms with Gasteiger partial charge in [0.25, 0.3) is 0 Å². The first-order chi connectivity index (χ1) is 15.5. The number of nitrogens with one attached hydrogen (secondary N) is 1. The number of hydrogen-bond donors (Lipinski definition) is 1. The van der Waals surface area contributed by atoms with Crippen molar-refractivity contribution < 1.29 is 9.47 Å². The number of halogens is 2. The van der Waals surface area contributed by atoms with Gasteiger partial charge in [0, 0.05) is 35.2 Å². The Morgan fingerprint density at radius 2 is 1.53 bits per heavy atom. The molecular formula is C26H26Cl2N2O2. The highest BCUT2D eigenvalue weighted by atomic mass is 35.5. The fraction of sp³-hybridized carbons (Fsp3) is 0.308. The lowest BCUT2D eigenvalue weighted by atomic mass is 9.88.